The second-order valence-electron chi connectivity index (χ2n) is 4.53. The number of carbonyl (C=O) groups is 2. The van der Waals surface area contributed by atoms with Gasteiger partial charge in [-0.1, -0.05) is 30.1 Å². The van der Waals surface area contributed by atoms with E-state index in [-0.39, 0.29) is 35.1 Å². The first-order valence-electron chi connectivity index (χ1n) is 6.22. The van der Waals surface area contributed by atoms with Gasteiger partial charge in [0.15, 0.2) is 5.78 Å². The second-order valence-corrected chi connectivity index (χ2v) is 5.34. The Bertz CT molecular complexity index is 514. The van der Waals surface area contributed by atoms with Gasteiger partial charge in [-0.05, 0) is 18.9 Å². The van der Waals surface area contributed by atoms with E-state index in [9.17, 15) is 9.59 Å². The Kier molecular flexibility index (Phi) is 6.30. The minimum absolute atomic E-state index is 0.0614. The molecule has 1 aromatic carbocycles. The van der Waals surface area contributed by atoms with Crippen LogP contribution >= 0.6 is 23.2 Å². The van der Waals surface area contributed by atoms with Crippen LogP contribution in [0.5, 0.6) is 5.75 Å². The Morgan fingerprint density at radius 2 is 1.90 bits per heavy atom. The first-order chi connectivity index (χ1) is 9.35. The molecule has 0 aliphatic rings. The van der Waals surface area contributed by atoms with Crippen LogP contribution in [0, 0.1) is 5.92 Å². The monoisotopic (exact) mass is 318 g/mol. The molecular formula is C14H16Cl2O4. The summed E-state index contributed by atoms with van der Waals surface area (Å²) >= 11 is 12.1. The Morgan fingerprint density at radius 1 is 1.25 bits per heavy atom. The fourth-order valence-corrected chi connectivity index (χ4v) is 2.28. The number of ketones is 1. The lowest BCUT2D eigenvalue weighted by molar-refractivity contribution is -0.137. The summed E-state index contributed by atoms with van der Waals surface area (Å²) in [6, 6.07) is 2.97. The largest absolute Gasteiger partial charge is 0.492 e. The Morgan fingerprint density at radius 3 is 2.45 bits per heavy atom. The number of benzene rings is 1. The lowest BCUT2D eigenvalue weighted by atomic mass is 9.97. The number of carbonyl (C=O) groups excluding carboxylic acids is 1. The number of Topliss-reactive ketones (excluding diaryl/α,β-unsaturated/α-hetero) is 1. The van der Waals surface area contributed by atoms with Crippen molar-refractivity contribution in [2.24, 2.45) is 5.92 Å². The first-order valence-corrected chi connectivity index (χ1v) is 6.97. The third-order valence-electron chi connectivity index (χ3n) is 2.68. The summed E-state index contributed by atoms with van der Waals surface area (Å²) in [5.74, 6) is -0.995. The topological polar surface area (TPSA) is 63.6 Å². The van der Waals surface area contributed by atoms with Crippen LogP contribution in [0.2, 0.25) is 10.0 Å². The molecule has 6 heteroatoms. The Hall–Kier alpha value is -1.26. The Balaban J connectivity index is 2.88. The van der Waals surface area contributed by atoms with Crippen molar-refractivity contribution in [3.05, 3.63) is 27.7 Å². The molecule has 1 N–H and O–H groups in total. The summed E-state index contributed by atoms with van der Waals surface area (Å²) < 4.78 is 5.28. The van der Waals surface area contributed by atoms with Crippen molar-refractivity contribution in [1.29, 1.82) is 0 Å². The number of carboxylic acids is 1. The highest BCUT2D eigenvalue weighted by Crippen LogP contribution is 2.32. The van der Waals surface area contributed by atoms with Gasteiger partial charge in [0.05, 0.1) is 16.7 Å². The summed E-state index contributed by atoms with van der Waals surface area (Å²) in [5, 5.41) is 9.25. The van der Waals surface area contributed by atoms with Gasteiger partial charge in [0.25, 0.3) is 0 Å². The van der Waals surface area contributed by atoms with Crippen molar-refractivity contribution in [3.8, 4) is 5.75 Å². The van der Waals surface area contributed by atoms with Gasteiger partial charge >= 0.3 is 5.97 Å². The fraction of sp³-hybridized carbons (Fsp3) is 0.429. The van der Waals surface area contributed by atoms with E-state index in [4.69, 9.17) is 33.0 Å². The predicted molar refractivity (Wildman–Crippen MR) is 78.0 cm³/mol. The van der Waals surface area contributed by atoms with Gasteiger partial charge in [0, 0.05) is 24.5 Å². The normalized spacial score (nSPS) is 12.0. The molecule has 0 aromatic heterocycles. The van der Waals surface area contributed by atoms with Crippen molar-refractivity contribution in [3.63, 3.8) is 0 Å². The molecule has 0 aliphatic heterocycles. The smallest absolute Gasteiger partial charge is 0.303 e. The number of aliphatic carboxylic acids is 1. The molecule has 1 rings (SSSR count). The predicted octanol–water partition coefficient (Wildman–Crippen LogP) is 4.08. The van der Waals surface area contributed by atoms with E-state index in [0.717, 1.165) is 0 Å². The third-order valence-corrected chi connectivity index (χ3v) is 3.29. The maximum Gasteiger partial charge on any atom is 0.303 e. The number of halogens is 2. The van der Waals surface area contributed by atoms with Crippen LogP contribution in [0.25, 0.3) is 0 Å². The van der Waals surface area contributed by atoms with Gasteiger partial charge < -0.3 is 9.84 Å². The van der Waals surface area contributed by atoms with Gasteiger partial charge in [0.1, 0.15) is 5.75 Å². The molecule has 4 nitrogen and oxygen atoms in total. The molecule has 0 amide bonds. The van der Waals surface area contributed by atoms with Gasteiger partial charge in [0.2, 0.25) is 0 Å². The van der Waals surface area contributed by atoms with Gasteiger partial charge in [-0.15, -0.1) is 0 Å². The van der Waals surface area contributed by atoms with Crippen molar-refractivity contribution >= 4 is 35.0 Å². The summed E-state index contributed by atoms with van der Waals surface area (Å²) in [5.41, 5.74) is 0.289. The molecule has 110 valence electrons. The molecule has 0 spiro atoms. The van der Waals surface area contributed by atoms with Crippen LogP contribution in [0.15, 0.2) is 12.1 Å². The van der Waals surface area contributed by atoms with E-state index in [2.05, 4.69) is 0 Å². The van der Waals surface area contributed by atoms with Crippen molar-refractivity contribution in [2.45, 2.75) is 26.7 Å². The highest BCUT2D eigenvalue weighted by atomic mass is 35.5. The van der Waals surface area contributed by atoms with Crippen molar-refractivity contribution < 1.29 is 19.4 Å². The quantitative estimate of drug-likeness (QED) is 0.769. The molecular weight excluding hydrogens is 303 g/mol. The SMILES string of the molecule is CCOc1cc(Cl)c(C(=O)CC(C)CC(=O)O)cc1Cl. The lowest BCUT2D eigenvalue weighted by Gasteiger charge is -2.11. The van der Waals surface area contributed by atoms with E-state index in [0.29, 0.717) is 17.4 Å². The van der Waals surface area contributed by atoms with Crippen molar-refractivity contribution in [2.75, 3.05) is 6.61 Å². The van der Waals surface area contributed by atoms with E-state index in [1.807, 2.05) is 6.92 Å². The number of ether oxygens (including phenoxy) is 1. The van der Waals surface area contributed by atoms with Crippen LogP contribution in [0.4, 0.5) is 0 Å². The average molecular weight is 319 g/mol. The number of rotatable bonds is 7. The summed E-state index contributed by atoms with van der Waals surface area (Å²) in [6.45, 7) is 3.96. The van der Waals surface area contributed by atoms with E-state index < -0.39 is 5.97 Å². The zero-order chi connectivity index (χ0) is 15.3. The molecule has 0 saturated heterocycles. The molecule has 0 saturated carbocycles. The molecule has 0 fully saturated rings. The molecule has 1 unspecified atom stereocenters. The molecule has 1 aromatic rings. The number of hydrogen-bond donors (Lipinski definition) is 1. The maximum absolute atomic E-state index is 12.1. The molecule has 0 heterocycles. The fourth-order valence-electron chi connectivity index (χ4n) is 1.81. The highest BCUT2D eigenvalue weighted by molar-refractivity contribution is 6.36. The maximum atomic E-state index is 12.1. The average Bonchev–Trinajstić information content (AvgIpc) is 2.32. The molecule has 0 bridgehead atoms. The zero-order valence-corrected chi connectivity index (χ0v) is 12.8. The Labute approximate surface area is 127 Å². The minimum Gasteiger partial charge on any atom is -0.492 e. The van der Waals surface area contributed by atoms with Gasteiger partial charge in [-0.25, -0.2) is 0 Å². The van der Waals surface area contributed by atoms with Crippen LogP contribution in [-0.4, -0.2) is 23.5 Å². The summed E-state index contributed by atoms with van der Waals surface area (Å²) in [6.07, 6.45) is 0.0461. The standard InChI is InChI=1S/C14H16Cl2O4/c1-3-20-13-7-10(15)9(6-11(13)16)12(17)4-8(2)5-14(18)19/h6-8H,3-5H2,1-2H3,(H,18,19). The minimum atomic E-state index is -0.930. The van der Waals surface area contributed by atoms with Crippen LogP contribution in [0.1, 0.15) is 37.0 Å². The molecule has 0 radical (unpaired) electrons. The van der Waals surface area contributed by atoms with Crippen LogP contribution in [-0.2, 0) is 4.79 Å². The number of hydrogen-bond acceptors (Lipinski definition) is 3. The highest BCUT2D eigenvalue weighted by Gasteiger charge is 2.18. The number of carboxylic acid groups (broad SMARTS) is 1. The summed E-state index contributed by atoms with van der Waals surface area (Å²) in [4.78, 5) is 22.7. The van der Waals surface area contributed by atoms with Crippen molar-refractivity contribution in [1.82, 2.24) is 0 Å². The second kappa shape index (κ2) is 7.50. The third kappa shape index (κ3) is 4.69. The van der Waals surface area contributed by atoms with Crippen LogP contribution < -0.4 is 4.74 Å². The van der Waals surface area contributed by atoms with E-state index >= 15 is 0 Å². The molecule has 0 aliphatic carbocycles. The van der Waals surface area contributed by atoms with Crippen LogP contribution in [0.3, 0.4) is 0 Å². The summed E-state index contributed by atoms with van der Waals surface area (Å²) in [7, 11) is 0. The molecule has 1 atom stereocenters. The van der Waals surface area contributed by atoms with Gasteiger partial charge in [-0.2, -0.15) is 0 Å². The first kappa shape index (κ1) is 16.8. The zero-order valence-electron chi connectivity index (χ0n) is 11.3. The lowest BCUT2D eigenvalue weighted by Crippen LogP contribution is -2.11. The van der Waals surface area contributed by atoms with E-state index in [1.165, 1.54) is 12.1 Å². The molecule has 20 heavy (non-hydrogen) atoms. The van der Waals surface area contributed by atoms with Gasteiger partial charge in [-0.3, -0.25) is 9.59 Å². The van der Waals surface area contributed by atoms with E-state index in [1.54, 1.807) is 6.92 Å².